The smallest absolute Gasteiger partial charge is 0.325 e. The fourth-order valence-electron chi connectivity index (χ4n) is 1.51. The normalized spacial score (nSPS) is 10.2. The lowest BCUT2D eigenvalue weighted by atomic mass is 10.3. The highest BCUT2D eigenvalue weighted by Crippen LogP contribution is 2.25. The molecule has 0 saturated carbocycles. The zero-order valence-corrected chi connectivity index (χ0v) is 11.3. The Balaban J connectivity index is 2.90. The fraction of sp³-hybridized carbons (Fsp3) is 0.545. The second-order valence-corrected chi connectivity index (χ2v) is 3.99. The number of rotatable bonds is 6. The number of aromatic nitrogens is 2. The second kappa shape index (κ2) is 7.00. The van der Waals surface area contributed by atoms with Gasteiger partial charge in [0.2, 0.25) is 0 Å². The Morgan fingerprint density at radius 2 is 2.22 bits per heavy atom. The van der Waals surface area contributed by atoms with E-state index in [0.29, 0.717) is 19.0 Å². The van der Waals surface area contributed by atoms with Crippen molar-refractivity contribution in [1.29, 1.82) is 0 Å². The monoisotopic (exact) mass is 272 g/mol. The zero-order valence-electron chi connectivity index (χ0n) is 10.5. The number of halogens is 1. The molecule has 7 heteroatoms. The molecule has 0 radical (unpaired) electrons. The molecule has 0 aliphatic heterocycles. The molecule has 0 unspecified atom stereocenters. The van der Waals surface area contributed by atoms with Crippen LogP contribution in [0.15, 0.2) is 6.33 Å². The van der Waals surface area contributed by atoms with E-state index in [0.717, 1.165) is 6.42 Å². The van der Waals surface area contributed by atoms with E-state index in [1.54, 1.807) is 11.8 Å². The van der Waals surface area contributed by atoms with Gasteiger partial charge in [0.25, 0.3) is 0 Å². The first-order valence-electron chi connectivity index (χ1n) is 5.76. The summed E-state index contributed by atoms with van der Waals surface area (Å²) in [7, 11) is 0. The van der Waals surface area contributed by atoms with Crippen LogP contribution in [0.4, 0.5) is 11.5 Å². The van der Waals surface area contributed by atoms with Crippen molar-refractivity contribution in [1.82, 2.24) is 9.97 Å². The van der Waals surface area contributed by atoms with Crippen molar-refractivity contribution in [3.63, 3.8) is 0 Å². The minimum Gasteiger partial charge on any atom is -0.465 e. The molecule has 2 N–H and O–H groups in total. The van der Waals surface area contributed by atoms with Crippen LogP contribution in [-0.4, -0.2) is 35.6 Å². The molecule has 100 valence electrons. The van der Waals surface area contributed by atoms with Gasteiger partial charge in [-0.3, -0.25) is 4.79 Å². The molecule has 0 aliphatic rings. The standard InChI is InChI=1S/C11H17ClN4O2/c1-3-5-16(6-8(17)18-4-2)11-9(13)10(12)14-7-15-11/h7H,3-6,13H2,1-2H3. The first-order valence-corrected chi connectivity index (χ1v) is 6.14. The van der Waals surface area contributed by atoms with Gasteiger partial charge < -0.3 is 15.4 Å². The largest absolute Gasteiger partial charge is 0.465 e. The molecule has 0 spiro atoms. The summed E-state index contributed by atoms with van der Waals surface area (Å²) in [5.41, 5.74) is 6.09. The Morgan fingerprint density at radius 3 is 2.83 bits per heavy atom. The van der Waals surface area contributed by atoms with E-state index in [4.69, 9.17) is 22.1 Å². The van der Waals surface area contributed by atoms with E-state index >= 15 is 0 Å². The zero-order chi connectivity index (χ0) is 13.5. The molecule has 0 saturated heterocycles. The number of nitrogens with zero attached hydrogens (tertiary/aromatic N) is 3. The number of nitrogens with two attached hydrogens (primary N) is 1. The van der Waals surface area contributed by atoms with Crippen LogP contribution in [0.2, 0.25) is 5.15 Å². The van der Waals surface area contributed by atoms with Crippen molar-refractivity contribution in [2.45, 2.75) is 20.3 Å². The average molecular weight is 273 g/mol. The van der Waals surface area contributed by atoms with Crippen molar-refractivity contribution in [2.24, 2.45) is 0 Å². The lowest BCUT2D eigenvalue weighted by Crippen LogP contribution is -2.33. The predicted octanol–water partition coefficient (Wildman–Crippen LogP) is 1.49. The summed E-state index contributed by atoms with van der Waals surface area (Å²) in [4.78, 5) is 21.1. The maximum absolute atomic E-state index is 11.5. The number of esters is 1. The molecule has 18 heavy (non-hydrogen) atoms. The van der Waals surface area contributed by atoms with E-state index in [2.05, 4.69) is 9.97 Å². The molecular weight excluding hydrogens is 256 g/mol. The van der Waals surface area contributed by atoms with E-state index in [1.807, 2.05) is 6.92 Å². The fourth-order valence-corrected chi connectivity index (χ4v) is 1.64. The summed E-state index contributed by atoms with van der Waals surface area (Å²) in [5.74, 6) is 0.144. The van der Waals surface area contributed by atoms with Crippen LogP contribution >= 0.6 is 11.6 Å². The Kier molecular flexibility index (Phi) is 5.64. The number of hydrogen-bond acceptors (Lipinski definition) is 6. The quantitative estimate of drug-likeness (QED) is 0.624. The number of hydrogen-bond donors (Lipinski definition) is 1. The Morgan fingerprint density at radius 1 is 1.50 bits per heavy atom. The average Bonchev–Trinajstić information content (AvgIpc) is 2.32. The van der Waals surface area contributed by atoms with E-state index in [-0.39, 0.29) is 23.4 Å². The molecular formula is C11H17ClN4O2. The van der Waals surface area contributed by atoms with Gasteiger partial charge in [-0.15, -0.1) is 0 Å². The summed E-state index contributed by atoms with van der Waals surface area (Å²) in [5, 5.41) is 0.185. The predicted molar refractivity (Wildman–Crippen MR) is 70.6 cm³/mol. The second-order valence-electron chi connectivity index (χ2n) is 3.63. The molecule has 0 amide bonds. The summed E-state index contributed by atoms with van der Waals surface area (Å²) in [6.45, 7) is 4.84. The van der Waals surface area contributed by atoms with Gasteiger partial charge in [0.05, 0.1) is 6.61 Å². The molecule has 6 nitrogen and oxygen atoms in total. The first-order chi connectivity index (χ1) is 8.60. The number of anilines is 2. The topological polar surface area (TPSA) is 81.3 Å². The van der Waals surface area contributed by atoms with Crippen molar-refractivity contribution in [3.8, 4) is 0 Å². The third kappa shape index (κ3) is 3.73. The maximum atomic E-state index is 11.5. The molecule has 0 bridgehead atoms. The van der Waals surface area contributed by atoms with Crippen molar-refractivity contribution in [2.75, 3.05) is 30.3 Å². The summed E-state index contributed by atoms with van der Waals surface area (Å²) < 4.78 is 4.91. The molecule has 1 aromatic rings. The maximum Gasteiger partial charge on any atom is 0.325 e. The highest BCUT2D eigenvalue weighted by molar-refractivity contribution is 6.32. The third-order valence-electron chi connectivity index (χ3n) is 2.23. The number of ether oxygens (including phenoxy) is 1. The van der Waals surface area contributed by atoms with Crippen LogP contribution in [0.5, 0.6) is 0 Å². The Bertz CT molecular complexity index is 414. The molecule has 1 aromatic heterocycles. The molecule has 0 aromatic carbocycles. The van der Waals surface area contributed by atoms with Crippen molar-refractivity contribution in [3.05, 3.63) is 11.5 Å². The number of carbonyl (C=O) groups excluding carboxylic acids is 1. The van der Waals surface area contributed by atoms with E-state index in [1.165, 1.54) is 6.33 Å². The summed E-state index contributed by atoms with van der Waals surface area (Å²) in [6, 6.07) is 0. The lowest BCUT2D eigenvalue weighted by Gasteiger charge is -2.23. The van der Waals surface area contributed by atoms with Crippen LogP contribution in [0.25, 0.3) is 0 Å². The van der Waals surface area contributed by atoms with Crippen LogP contribution in [0.1, 0.15) is 20.3 Å². The van der Waals surface area contributed by atoms with Gasteiger partial charge in [-0.25, -0.2) is 9.97 Å². The van der Waals surface area contributed by atoms with Gasteiger partial charge in [0.1, 0.15) is 18.6 Å². The van der Waals surface area contributed by atoms with Crippen molar-refractivity contribution < 1.29 is 9.53 Å². The van der Waals surface area contributed by atoms with Gasteiger partial charge in [-0.05, 0) is 13.3 Å². The molecule has 0 fully saturated rings. The molecule has 1 heterocycles. The van der Waals surface area contributed by atoms with Crippen molar-refractivity contribution >= 4 is 29.1 Å². The van der Waals surface area contributed by atoms with Gasteiger partial charge >= 0.3 is 5.97 Å². The van der Waals surface area contributed by atoms with E-state index < -0.39 is 0 Å². The molecule has 0 atom stereocenters. The minimum absolute atomic E-state index is 0.0965. The third-order valence-corrected chi connectivity index (χ3v) is 2.53. The first kappa shape index (κ1) is 14.5. The SMILES string of the molecule is CCCN(CC(=O)OCC)c1ncnc(Cl)c1N. The minimum atomic E-state index is -0.319. The Labute approximate surface area is 111 Å². The van der Waals surface area contributed by atoms with Gasteiger partial charge in [0, 0.05) is 6.54 Å². The van der Waals surface area contributed by atoms with Crippen LogP contribution < -0.4 is 10.6 Å². The molecule has 0 aliphatic carbocycles. The summed E-state index contributed by atoms with van der Waals surface area (Å²) in [6.07, 6.45) is 2.17. The number of nitrogen functional groups attached to an aromatic ring is 1. The highest BCUT2D eigenvalue weighted by Gasteiger charge is 2.17. The van der Waals surface area contributed by atoms with Gasteiger partial charge in [0.15, 0.2) is 11.0 Å². The number of carbonyl (C=O) groups is 1. The van der Waals surface area contributed by atoms with Crippen LogP contribution in [0.3, 0.4) is 0 Å². The highest BCUT2D eigenvalue weighted by atomic mass is 35.5. The van der Waals surface area contributed by atoms with Gasteiger partial charge in [-0.2, -0.15) is 0 Å². The Hall–Kier alpha value is -1.56. The van der Waals surface area contributed by atoms with Crippen LogP contribution in [0, 0.1) is 0 Å². The lowest BCUT2D eigenvalue weighted by molar-refractivity contribution is -0.141. The van der Waals surface area contributed by atoms with E-state index in [9.17, 15) is 4.79 Å². The van der Waals surface area contributed by atoms with Gasteiger partial charge in [-0.1, -0.05) is 18.5 Å². The molecule has 1 rings (SSSR count). The van der Waals surface area contributed by atoms with Crippen LogP contribution in [-0.2, 0) is 9.53 Å². The summed E-state index contributed by atoms with van der Waals surface area (Å²) >= 11 is 5.84.